The van der Waals surface area contributed by atoms with Crippen molar-refractivity contribution in [2.24, 2.45) is 0 Å². The van der Waals surface area contributed by atoms with Gasteiger partial charge in [-0.05, 0) is 19.8 Å². The summed E-state index contributed by atoms with van der Waals surface area (Å²) in [6, 6.07) is -0.779. The largest absolute Gasteiger partial charge is 0.326 e. The minimum Gasteiger partial charge on any atom is -0.326 e. The number of aryl methyl sites for hydroxylation is 1. The predicted molar refractivity (Wildman–Crippen MR) is 89.5 cm³/mol. The van der Waals surface area contributed by atoms with E-state index in [1.54, 1.807) is 6.92 Å². The first kappa shape index (κ1) is 17.1. The van der Waals surface area contributed by atoms with E-state index in [4.69, 9.17) is 0 Å². The Bertz CT molecular complexity index is 868. The lowest BCUT2D eigenvalue weighted by molar-refractivity contribution is -0.135. The second kappa shape index (κ2) is 6.27. The molecule has 1 aromatic heterocycles. The Labute approximate surface area is 144 Å². The molecule has 2 heterocycles. The van der Waals surface area contributed by atoms with Crippen molar-refractivity contribution in [3.05, 3.63) is 33.5 Å². The van der Waals surface area contributed by atoms with Crippen LogP contribution >= 0.6 is 0 Å². The lowest BCUT2D eigenvalue weighted by Gasteiger charge is -2.28. The SMILES string of the molecule is CC(=O)NC1=CCC(C)c2nc(C)n(C3CCC(=O)NC3=O)c(=O)c21. The first-order chi connectivity index (χ1) is 11.8. The highest BCUT2D eigenvalue weighted by molar-refractivity contribution is 5.99. The minimum absolute atomic E-state index is 0.0373. The molecule has 25 heavy (non-hydrogen) atoms. The summed E-state index contributed by atoms with van der Waals surface area (Å²) in [5.74, 6) is -0.661. The van der Waals surface area contributed by atoms with E-state index in [0.29, 0.717) is 29.2 Å². The summed E-state index contributed by atoms with van der Waals surface area (Å²) in [7, 11) is 0. The molecule has 0 radical (unpaired) electrons. The maximum Gasteiger partial charge on any atom is 0.263 e. The molecule has 3 rings (SSSR count). The van der Waals surface area contributed by atoms with Gasteiger partial charge in [0.2, 0.25) is 17.7 Å². The van der Waals surface area contributed by atoms with Gasteiger partial charge < -0.3 is 5.32 Å². The van der Waals surface area contributed by atoms with Gasteiger partial charge in [-0.25, -0.2) is 4.98 Å². The van der Waals surface area contributed by atoms with E-state index in [1.165, 1.54) is 11.5 Å². The fraction of sp³-hybridized carbons (Fsp3) is 0.471. The van der Waals surface area contributed by atoms with E-state index in [-0.39, 0.29) is 36.1 Å². The molecular weight excluding hydrogens is 324 g/mol. The molecule has 8 heteroatoms. The van der Waals surface area contributed by atoms with Gasteiger partial charge in [-0.2, -0.15) is 0 Å². The van der Waals surface area contributed by atoms with Gasteiger partial charge in [0.15, 0.2) is 0 Å². The monoisotopic (exact) mass is 344 g/mol. The van der Waals surface area contributed by atoms with Gasteiger partial charge in [-0.3, -0.25) is 29.1 Å². The van der Waals surface area contributed by atoms with E-state index < -0.39 is 11.9 Å². The van der Waals surface area contributed by atoms with Crippen LogP contribution in [0.15, 0.2) is 10.9 Å². The van der Waals surface area contributed by atoms with Gasteiger partial charge in [0.25, 0.3) is 5.56 Å². The molecule has 2 N–H and O–H groups in total. The van der Waals surface area contributed by atoms with Crippen LogP contribution < -0.4 is 16.2 Å². The lowest BCUT2D eigenvalue weighted by atomic mass is 9.91. The van der Waals surface area contributed by atoms with Crippen LogP contribution in [0.1, 0.15) is 62.2 Å². The molecule has 1 aromatic rings. The van der Waals surface area contributed by atoms with Gasteiger partial charge in [-0.15, -0.1) is 0 Å². The fourth-order valence-corrected chi connectivity index (χ4v) is 3.38. The summed E-state index contributed by atoms with van der Waals surface area (Å²) >= 11 is 0. The second-order valence-electron chi connectivity index (χ2n) is 6.50. The average molecular weight is 344 g/mol. The van der Waals surface area contributed by atoms with Crippen molar-refractivity contribution in [3.63, 3.8) is 0 Å². The Morgan fingerprint density at radius 1 is 1.36 bits per heavy atom. The van der Waals surface area contributed by atoms with E-state index in [9.17, 15) is 19.2 Å². The van der Waals surface area contributed by atoms with Crippen LogP contribution in [0.4, 0.5) is 0 Å². The van der Waals surface area contributed by atoms with Crippen LogP contribution in [0.3, 0.4) is 0 Å². The van der Waals surface area contributed by atoms with Crippen LogP contribution in [-0.2, 0) is 14.4 Å². The Hall–Kier alpha value is -2.77. The molecule has 132 valence electrons. The van der Waals surface area contributed by atoms with E-state index in [0.717, 1.165) is 0 Å². The number of hydrogen-bond donors (Lipinski definition) is 2. The zero-order chi connectivity index (χ0) is 18.3. The van der Waals surface area contributed by atoms with Crippen LogP contribution in [0.2, 0.25) is 0 Å². The Balaban J connectivity index is 2.16. The molecular formula is C17H20N4O4. The molecule has 8 nitrogen and oxygen atoms in total. The Morgan fingerprint density at radius 2 is 2.08 bits per heavy atom. The van der Waals surface area contributed by atoms with Gasteiger partial charge in [0.05, 0.1) is 17.0 Å². The molecule has 0 aromatic carbocycles. The van der Waals surface area contributed by atoms with Crippen molar-refractivity contribution in [1.82, 2.24) is 20.2 Å². The fourth-order valence-electron chi connectivity index (χ4n) is 3.38. The highest BCUT2D eigenvalue weighted by Gasteiger charge is 2.33. The maximum absolute atomic E-state index is 13.2. The average Bonchev–Trinajstić information content (AvgIpc) is 2.51. The highest BCUT2D eigenvalue weighted by Crippen LogP contribution is 2.30. The molecule has 2 atom stereocenters. The molecule has 0 spiro atoms. The number of carbonyl (C=O) groups is 3. The number of amides is 3. The summed E-state index contributed by atoms with van der Waals surface area (Å²) in [4.78, 5) is 52.8. The van der Waals surface area contributed by atoms with E-state index in [2.05, 4.69) is 15.6 Å². The molecule has 1 fully saturated rings. The number of rotatable bonds is 2. The predicted octanol–water partition coefficient (Wildman–Crippen LogP) is 0.514. The molecule has 0 bridgehead atoms. The minimum atomic E-state index is -0.779. The standard InChI is InChI=1S/C17H20N4O4/c1-8-4-5-11(19-10(3)22)14-15(8)18-9(2)21(17(14)25)12-6-7-13(23)20-16(12)24/h5,8,12H,4,6-7H2,1-3H3,(H,19,22)(H,20,23,24). The number of nitrogens with one attached hydrogen (secondary N) is 2. The number of fused-ring (bicyclic) bond motifs is 1. The van der Waals surface area contributed by atoms with Crippen molar-refractivity contribution >= 4 is 23.4 Å². The first-order valence-corrected chi connectivity index (χ1v) is 8.24. The smallest absolute Gasteiger partial charge is 0.263 e. The number of allylic oxidation sites excluding steroid dienone is 1. The second-order valence-corrected chi connectivity index (χ2v) is 6.50. The van der Waals surface area contributed by atoms with Crippen molar-refractivity contribution in [3.8, 4) is 0 Å². The van der Waals surface area contributed by atoms with Crippen LogP contribution in [-0.4, -0.2) is 27.3 Å². The van der Waals surface area contributed by atoms with E-state index in [1.807, 2.05) is 13.0 Å². The van der Waals surface area contributed by atoms with Crippen LogP contribution in [0, 0.1) is 6.92 Å². The highest BCUT2D eigenvalue weighted by atomic mass is 16.2. The lowest BCUT2D eigenvalue weighted by Crippen LogP contribution is -2.46. The number of nitrogens with zero attached hydrogens (tertiary/aromatic N) is 2. The number of piperidine rings is 1. The van der Waals surface area contributed by atoms with Crippen LogP contribution in [0.25, 0.3) is 5.70 Å². The molecule has 0 saturated carbocycles. The normalized spacial score (nSPS) is 22.8. The van der Waals surface area contributed by atoms with Gasteiger partial charge in [0.1, 0.15) is 11.9 Å². The zero-order valence-electron chi connectivity index (χ0n) is 14.4. The van der Waals surface area contributed by atoms with Crippen molar-refractivity contribution in [2.75, 3.05) is 0 Å². The Morgan fingerprint density at radius 3 is 2.72 bits per heavy atom. The molecule has 3 amide bonds. The van der Waals surface area contributed by atoms with Gasteiger partial charge in [0, 0.05) is 19.3 Å². The summed E-state index contributed by atoms with van der Waals surface area (Å²) in [6.07, 6.45) is 2.89. The van der Waals surface area contributed by atoms with E-state index >= 15 is 0 Å². The quantitative estimate of drug-likeness (QED) is 0.760. The number of hydrogen-bond acceptors (Lipinski definition) is 5. The molecule has 1 aliphatic heterocycles. The van der Waals surface area contributed by atoms with Crippen molar-refractivity contribution < 1.29 is 14.4 Å². The van der Waals surface area contributed by atoms with Crippen LogP contribution in [0.5, 0.6) is 0 Å². The van der Waals surface area contributed by atoms with Crippen molar-refractivity contribution in [2.45, 2.75) is 52.0 Å². The third kappa shape index (κ3) is 2.99. The first-order valence-electron chi connectivity index (χ1n) is 8.24. The third-order valence-electron chi connectivity index (χ3n) is 4.56. The number of imide groups is 1. The Kier molecular flexibility index (Phi) is 4.28. The number of carbonyl (C=O) groups excluding carboxylic acids is 3. The summed E-state index contributed by atoms with van der Waals surface area (Å²) in [5.41, 5.74) is 1.00. The maximum atomic E-state index is 13.2. The molecule has 2 unspecified atom stereocenters. The summed E-state index contributed by atoms with van der Waals surface area (Å²) in [6.45, 7) is 5.01. The van der Waals surface area contributed by atoms with Gasteiger partial charge in [-0.1, -0.05) is 13.0 Å². The topological polar surface area (TPSA) is 110 Å². The third-order valence-corrected chi connectivity index (χ3v) is 4.56. The molecule has 2 aliphatic rings. The summed E-state index contributed by atoms with van der Waals surface area (Å²) in [5, 5.41) is 4.95. The summed E-state index contributed by atoms with van der Waals surface area (Å²) < 4.78 is 1.33. The van der Waals surface area contributed by atoms with Crippen molar-refractivity contribution in [1.29, 1.82) is 0 Å². The molecule has 1 saturated heterocycles. The molecule has 1 aliphatic carbocycles. The number of aromatic nitrogens is 2. The van der Waals surface area contributed by atoms with Gasteiger partial charge >= 0.3 is 0 Å². The zero-order valence-corrected chi connectivity index (χ0v) is 14.4.